The Kier molecular flexibility index (Phi) is 5.44. The summed E-state index contributed by atoms with van der Waals surface area (Å²) in [5.74, 6) is 0. The molecule has 11 heavy (non-hydrogen) atoms. The van der Waals surface area contributed by atoms with E-state index in [1.807, 2.05) is 0 Å². The van der Waals surface area contributed by atoms with E-state index in [0.717, 1.165) is 18.6 Å². The Labute approximate surface area is 69.5 Å². The lowest BCUT2D eigenvalue weighted by atomic mass is 10.1. The molecule has 62 valence electrons. The maximum Gasteiger partial charge on any atom is 0.0400 e. The van der Waals surface area contributed by atoms with E-state index in [9.17, 15) is 0 Å². The summed E-state index contributed by atoms with van der Waals surface area (Å²) in [4.78, 5) is 4.13. The van der Waals surface area contributed by atoms with Crippen LogP contribution in [0.25, 0.3) is 0 Å². The van der Waals surface area contributed by atoms with Crippen molar-refractivity contribution in [2.45, 2.75) is 33.6 Å². The molecule has 0 N–H and O–H groups in total. The van der Waals surface area contributed by atoms with Crippen molar-refractivity contribution in [2.75, 3.05) is 0 Å². The molecule has 1 nitrogen and oxygen atoms in total. The minimum Gasteiger partial charge on any atom is -0.262 e. The molecule has 0 aromatic rings. The summed E-state index contributed by atoms with van der Waals surface area (Å²) < 4.78 is 0. The molecular weight excluding hydrogens is 134 g/mol. The van der Waals surface area contributed by atoms with E-state index in [1.54, 1.807) is 6.20 Å². The van der Waals surface area contributed by atoms with E-state index in [4.69, 9.17) is 0 Å². The van der Waals surface area contributed by atoms with Gasteiger partial charge >= 0.3 is 0 Å². The van der Waals surface area contributed by atoms with Crippen LogP contribution in [0.15, 0.2) is 29.4 Å². The van der Waals surface area contributed by atoms with Crippen molar-refractivity contribution in [3.05, 3.63) is 24.4 Å². The predicted molar refractivity (Wildman–Crippen MR) is 52.0 cm³/mol. The van der Waals surface area contributed by atoms with Gasteiger partial charge in [0.15, 0.2) is 0 Å². The van der Waals surface area contributed by atoms with Crippen LogP contribution in [0.5, 0.6) is 0 Å². The average Bonchev–Trinajstić information content (AvgIpc) is 2.03. The predicted octanol–water partition coefficient (Wildman–Crippen LogP) is 3.34. The highest BCUT2D eigenvalue weighted by atomic mass is 14.7. The summed E-state index contributed by atoms with van der Waals surface area (Å²) in [7, 11) is 0. The molecule has 0 fully saturated rings. The first-order valence-corrected chi connectivity index (χ1v) is 4.09. The van der Waals surface area contributed by atoms with Crippen LogP contribution >= 0.6 is 0 Å². The zero-order valence-electron chi connectivity index (χ0n) is 7.72. The molecule has 0 saturated heterocycles. The van der Waals surface area contributed by atoms with E-state index >= 15 is 0 Å². The zero-order valence-corrected chi connectivity index (χ0v) is 7.72. The van der Waals surface area contributed by atoms with Gasteiger partial charge in [0.25, 0.3) is 0 Å². The molecule has 0 aliphatic rings. The molecule has 0 aromatic heterocycles. The van der Waals surface area contributed by atoms with E-state index in [0.29, 0.717) is 0 Å². The van der Waals surface area contributed by atoms with Crippen LogP contribution in [0.1, 0.15) is 33.6 Å². The monoisotopic (exact) mass is 151 g/mol. The highest BCUT2D eigenvalue weighted by Gasteiger charge is 1.89. The second-order valence-corrected chi connectivity index (χ2v) is 2.50. The van der Waals surface area contributed by atoms with Crippen molar-refractivity contribution in [1.82, 2.24) is 0 Å². The molecule has 1 heteroatoms. The Morgan fingerprint density at radius 3 is 2.36 bits per heavy atom. The molecule has 0 unspecified atom stereocenters. The molecule has 0 radical (unpaired) electrons. The Morgan fingerprint density at radius 2 is 2.00 bits per heavy atom. The standard InChI is InChI=1S/C10H17N/c1-5-9(4)8-10(6-2)11-7-3/h7-8H,3,5-6H2,1-2,4H3/b9-8-,11-10-. The van der Waals surface area contributed by atoms with Crippen LogP contribution in [0.4, 0.5) is 0 Å². The van der Waals surface area contributed by atoms with E-state index < -0.39 is 0 Å². The molecule has 0 aliphatic heterocycles. The number of hydrogen-bond acceptors (Lipinski definition) is 1. The van der Waals surface area contributed by atoms with Crippen molar-refractivity contribution in [3.63, 3.8) is 0 Å². The Balaban J connectivity index is 4.28. The Morgan fingerprint density at radius 1 is 1.36 bits per heavy atom. The Hall–Kier alpha value is -0.850. The van der Waals surface area contributed by atoms with Gasteiger partial charge in [0.05, 0.1) is 0 Å². The Bertz CT molecular complexity index is 175. The molecule has 0 atom stereocenters. The summed E-state index contributed by atoms with van der Waals surface area (Å²) in [6.45, 7) is 9.93. The van der Waals surface area contributed by atoms with E-state index in [-0.39, 0.29) is 0 Å². The van der Waals surface area contributed by atoms with Crippen molar-refractivity contribution in [1.29, 1.82) is 0 Å². The van der Waals surface area contributed by atoms with E-state index in [2.05, 4.69) is 38.4 Å². The second-order valence-electron chi connectivity index (χ2n) is 2.50. The first-order valence-electron chi connectivity index (χ1n) is 4.09. The van der Waals surface area contributed by atoms with Crippen LogP contribution in [0.3, 0.4) is 0 Å². The molecular formula is C10H17N. The van der Waals surface area contributed by atoms with Crippen LogP contribution in [-0.2, 0) is 0 Å². The van der Waals surface area contributed by atoms with Gasteiger partial charge in [-0.25, -0.2) is 0 Å². The van der Waals surface area contributed by atoms with Crippen molar-refractivity contribution >= 4 is 5.71 Å². The maximum atomic E-state index is 4.13. The molecule has 0 heterocycles. The molecule has 0 spiro atoms. The minimum atomic E-state index is 0.976. The lowest BCUT2D eigenvalue weighted by molar-refractivity contribution is 1.10. The molecule has 0 bridgehead atoms. The number of aliphatic imine (C=N–C) groups is 1. The lowest BCUT2D eigenvalue weighted by Crippen LogP contribution is -1.90. The number of rotatable bonds is 4. The highest BCUT2D eigenvalue weighted by molar-refractivity contribution is 5.95. The van der Waals surface area contributed by atoms with Gasteiger partial charge in [-0.1, -0.05) is 26.0 Å². The van der Waals surface area contributed by atoms with Gasteiger partial charge in [-0.3, -0.25) is 4.99 Å². The maximum absolute atomic E-state index is 4.13. The molecule has 0 amide bonds. The fourth-order valence-electron chi connectivity index (χ4n) is 0.734. The van der Waals surface area contributed by atoms with E-state index in [1.165, 1.54) is 5.57 Å². The van der Waals surface area contributed by atoms with Crippen LogP contribution < -0.4 is 0 Å². The summed E-state index contributed by atoms with van der Waals surface area (Å²) in [6, 6.07) is 0. The van der Waals surface area contributed by atoms with Crippen molar-refractivity contribution in [2.24, 2.45) is 4.99 Å². The molecule has 0 aromatic carbocycles. The van der Waals surface area contributed by atoms with Crippen LogP contribution in [0.2, 0.25) is 0 Å². The van der Waals surface area contributed by atoms with Gasteiger partial charge in [-0.15, -0.1) is 0 Å². The molecule has 0 rings (SSSR count). The van der Waals surface area contributed by atoms with Crippen molar-refractivity contribution in [3.8, 4) is 0 Å². The summed E-state index contributed by atoms with van der Waals surface area (Å²) in [5, 5.41) is 0. The largest absolute Gasteiger partial charge is 0.262 e. The van der Waals surface area contributed by atoms with Gasteiger partial charge in [-0.05, 0) is 25.8 Å². The lowest BCUT2D eigenvalue weighted by Gasteiger charge is -1.96. The topological polar surface area (TPSA) is 12.4 Å². The quantitative estimate of drug-likeness (QED) is 0.546. The van der Waals surface area contributed by atoms with Crippen LogP contribution in [0, 0.1) is 0 Å². The summed E-state index contributed by atoms with van der Waals surface area (Å²) >= 11 is 0. The SMILES string of the molecule is C=C/N=C(\C=C(\C)CC)CC. The minimum absolute atomic E-state index is 0.976. The molecule has 0 saturated carbocycles. The number of allylic oxidation sites excluding steroid dienone is 2. The van der Waals surface area contributed by atoms with Crippen molar-refractivity contribution < 1.29 is 0 Å². The highest BCUT2D eigenvalue weighted by Crippen LogP contribution is 2.00. The first kappa shape index (κ1) is 10.2. The second kappa shape index (κ2) is 5.90. The van der Waals surface area contributed by atoms with Gasteiger partial charge < -0.3 is 0 Å². The fourth-order valence-corrected chi connectivity index (χ4v) is 0.734. The van der Waals surface area contributed by atoms with Gasteiger partial charge in [-0.2, -0.15) is 0 Å². The smallest absolute Gasteiger partial charge is 0.0400 e. The van der Waals surface area contributed by atoms with Crippen LogP contribution in [-0.4, -0.2) is 5.71 Å². The molecule has 0 aliphatic carbocycles. The fraction of sp³-hybridized carbons (Fsp3) is 0.500. The first-order chi connectivity index (χ1) is 5.24. The third-order valence-corrected chi connectivity index (χ3v) is 1.59. The summed E-state index contributed by atoms with van der Waals surface area (Å²) in [5.41, 5.74) is 2.48. The zero-order chi connectivity index (χ0) is 8.69. The van der Waals surface area contributed by atoms with Gasteiger partial charge in [0, 0.05) is 11.9 Å². The van der Waals surface area contributed by atoms with Gasteiger partial charge in [0.2, 0.25) is 0 Å². The van der Waals surface area contributed by atoms with Gasteiger partial charge in [0.1, 0.15) is 0 Å². The normalized spacial score (nSPS) is 13.4. The third kappa shape index (κ3) is 4.54. The number of nitrogens with zero attached hydrogens (tertiary/aromatic N) is 1. The average molecular weight is 151 g/mol. The summed E-state index contributed by atoms with van der Waals surface area (Å²) in [6.07, 6.45) is 5.79. The third-order valence-electron chi connectivity index (χ3n) is 1.59. The number of hydrogen-bond donors (Lipinski definition) is 0.